The van der Waals surface area contributed by atoms with E-state index >= 15 is 0 Å². The average molecular weight is 445 g/mol. The van der Waals surface area contributed by atoms with Crippen molar-refractivity contribution in [2.75, 3.05) is 12.4 Å². The fraction of sp³-hybridized carbons (Fsp3) is 0.357. The summed E-state index contributed by atoms with van der Waals surface area (Å²) in [6.45, 7) is 8.26. The van der Waals surface area contributed by atoms with Gasteiger partial charge in [0.2, 0.25) is 0 Å². The van der Waals surface area contributed by atoms with E-state index in [0.29, 0.717) is 29.0 Å². The number of ether oxygens (including phenoxy) is 1. The Hall–Kier alpha value is -3.34. The number of para-hydroxylation sites is 2. The monoisotopic (exact) mass is 444 g/mol. The van der Waals surface area contributed by atoms with E-state index in [1.54, 1.807) is 7.11 Å². The molecular formula is C28H32N2O3. The molecule has 0 fully saturated rings. The maximum atomic E-state index is 13.7. The first-order chi connectivity index (χ1) is 15.7. The molecule has 5 heteroatoms. The number of amides is 1. The minimum atomic E-state index is -0.412. The van der Waals surface area contributed by atoms with Crippen molar-refractivity contribution < 1.29 is 14.3 Å². The minimum Gasteiger partial charge on any atom is -0.495 e. The van der Waals surface area contributed by atoms with Crippen LogP contribution in [0.1, 0.15) is 57.6 Å². The minimum absolute atomic E-state index is 0.105. The first kappa shape index (κ1) is 22.8. The van der Waals surface area contributed by atoms with Crippen LogP contribution in [-0.4, -0.2) is 18.8 Å². The predicted octanol–water partition coefficient (Wildman–Crippen LogP) is 5.50. The summed E-state index contributed by atoms with van der Waals surface area (Å²) in [6.07, 6.45) is 2.18. The van der Waals surface area contributed by atoms with Crippen LogP contribution in [0.15, 0.2) is 71.1 Å². The Bertz CT molecular complexity index is 1160. The summed E-state index contributed by atoms with van der Waals surface area (Å²) in [6, 6.07) is 15.6. The molecule has 2 aromatic carbocycles. The number of carbonyl (C=O) groups is 2. The summed E-state index contributed by atoms with van der Waals surface area (Å²) in [5.74, 6) is 0.0456. The third kappa shape index (κ3) is 4.45. The van der Waals surface area contributed by atoms with E-state index in [9.17, 15) is 9.59 Å². The van der Waals surface area contributed by atoms with E-state index in [-0.39, 0.29) is 17.1 Å². The molecule has 0 saturated heterocycles. The van der Waals surface area contributed by atoms with Crippen LogP contribution in [0.5, 0.6) is 5.75 Å². The third-order valence-electron chi connectivity index (χ3n) is 6.56. The Morgan fingerprint density at radius 1 is 1.12 bits per heavy atom. The van der Waals surface area contributed by atoms with Gasteiger partial charge in [-0.15, -0.1) is 0 Å². The van der Waals surface area contributed by atoms with Gasteiger partial charge in [-0.1, -0.05) is 57.2 Å². The summed E-state index contributed by atoms with van der Waals surface area (Å²) in [7, 11) is 1.58. The number of aryl methyl sites for hydroxylation is 1. The molecule has 1 amide bonds. The number of benzene rings is 2. The normalized spacial score (nSPS) is 19.7. The highest BCUT2D eigenvalue weighted by Crippen LogP contribution is 2.46. The number of nitrogens with one attached hydrogen (secondary N) is 2. The number of rotatable bonds is 5. The number of dihydropyridines is 1. The van der Waals surface area contributed by atoms with Gasteiger partial charge in [0.05, 0.1) is 12.8 Å². The van der Waals surface area contributed by atoms with E-state index in [1.165, 1.54) is 5.56 Å². The highest BCUT2D eigenvalue weighted by Gasteiger charge is 2.42. The lowest BCUT2D eigenvalue weighted by Crippen LogP contribution is -2.39. The molecule has 1 atom stereocenters. The fourth-order valence-corrected chi connectivity index (χ4v) is 4.95. The maximum absolute atomic E-state index is 13.7. The van der Waals surface area contributed by atoms with Crippen LogP contribution in [0.25, 0.3) is 0 Å². The highest BCUT2D eigenvalue weighted by molar-refractivity contribution is 6.10. The van der Waals surface area contributed by atoms with Gasteiger partial charge in [0.15, 0.2) is 5.78 Å². The molecule has 0 aromatic heterocycles. The molecule has 5 nitrogen and oxygen atoms in total. The van der Waals surface area contributed by atoms with Crippen molar-refractivity contribution >= 4 is 17.4 Å². The van der Waals surface area contributed by atoms with Crippen LogP contribution < -0.4 is 15.4 Å². The zero-order chi connectivity index (χ0) is 23.8. The van der Waals surface area contributed by atoms with Gasteiger partial charge < -0.3 is 15.4 Å². The lowest BCUT2D eigenvalue weighted by Gasteiger charge is -2.39. The molecule has 4 rings (SSSR count). The van der Waals surface area contributed by atoms with Gasteiger partial charge in [0.1, 0.15) is 5.75 Å². The highest BCUT2D eigenvalue weighted by atomic mass is 16.5. The number of ketones is 1. The Labute approximate surface area is 195 Å². The molecule has 1 aliphatic heterocycles. The number of allylic oxidation sites excluding steroid dienone is 3. The van der Waals surface area contributed by atoms with Crippen LogP contribution in [0.3, 0.4) is 0 Å². The van der Waals surface area contributed by atoms with E-state index in [0.717, 1.165) is 29.8 Å². The first-order valence-corrected chi connectivity index (χ1v) is 11.5. The second-order valence-electron chi connectivity index (χ2n) is 9.68. The summed E-state index contributed by atoms with van der Waals surface area (Å²) >= 11 is 0. The fourth-order valence-electron chi connectivity index (χ4n) is 4.95. The molecule has 2 aliphatic rings. The summed E-state index contributed by atoms with van der Waals surface area (Å²) in [4.78, 5) is 27.1. The lowest BCUT2D eigenvalue weighted by molar-refractivity contribution is -0.118. The van der Waals surface area contributed by atoms with Gasteiger partial charge in [-0.3, -0.25) is 9.59 Å². The topological polar surface area (TPSA) is 67.4 Å². The molecule has 0 radical (unpaired) electrons. The third-order valence-corrected chi connectivity index (χ3v) is 6.56. The standard InChI is InChI=1S/C28H32N2O3/c1-6-18-11-13-19(14-12-18)25-24(27(32)30-20-9-7-8-10-23(20)33-5)17(2)29-21-15-28(3,4)16-22(31)26(21)25/h7-14,25,29H,6,15-16H2,1-5H3,(H,30,32)/t25-/m0/s1. The zero-order valence-electron chi connectivity index (χ0n) is 20.0. The second kappa shape index (κ2) is 8.89. The Balaban J connectivity index is 1.80. The molecule has 0 unspecified atom stereocenters. The van der Waals surface area contributed by atoms with Gasteiger partial charge in [0.25, 0.3) is 5.91 Å². The van der Waals surface area contributed by atoms with Gasteiger partial charge >= 0.3 is 0 Å². The number of hydrogen-bond acceptors (Lipinski definition) is 4. The largest absolute Gasteiger partial charge is 0.495 e. The van der Waals surface area contributed by atoms with Gasteiger partial charge in [-0.05, 0) is 48.4 Å². The Morgan fingerprint density at radius 2 is 1.82 bits per heavy atom. The van der Waals surface area contributed by atoms with Crippen LogP contribution in [0, 0.1) is 5.41 Å². The summed E-state index contributed by atoms with van der Waals surface area (Å²) in [5, 5.41) is 6.43. The number of anilines is 1. The van der Waals surface area contributed by atoms with Crippen LogP contribution in [0.2, 0.25) is 0 Å². The molecule has 33 heavy (non-hydrogen) atoms. The summed E-state index contributed by atoms with van der Waals surface area (Å²) in [5.41, 5.74) is 5.66. The van der Waals surface area contributed by atoms with Gasteiger partial charge in [-0.25, -0.2) is 0 Å². The van der Waals surface area contributed by atoms with Crippen molar-refractivity contribution in [1.29, 1.82) is 0 Å². The van der Waals surface area contributed by atoms with E-state index < -0.39 is 5.92 Å². The zero-order valence-corrected chi connectivity index (χ0v) is 20.0. The quantitative estimate of drug-likeness (QED) is 0.639. The number of Topliss-reactive ketones (excluding diaryl/α,β-unsaturated/α-hetero) is 1. The number of methoxy groups -OCH3 is 1. The summed E-state index contributed by atoms with van der Waals surface area (Å²) < 4.78 is 5.41. The van der Waals surface area contributed by atoms with Gasteiger partial charge in [0, 0.05) is 34.9 Å². The Kier molecular flexibility index (Phi) is 6.15. The van der Waals surface area contributed by atoms with E-state index in [1.807, 2.05) is 31.2 Å². The molecule has 2 aromatic rings. The number of hydrogen-bond donors (Lipinski definition) is 2. The van der Waals surface area contributed by atoms with Crippen LogP contribution >= 0.6 is 0 Å². The van der Waals surface area contributed by atoms with Crippen molar-refractivity contribution in [3.63, 3.8) is 0 Å². The first-order valence-electron chi connectivity index (χ1n) is 11.5. The van der Waals surface area contributed by atoms with Crippen molar-refractivity contribution in [3.05, 3.63) is 82.2 Å². The molecule has 2 N–H and O–H groups in total. The lowest BCUT2D eigenvalue weighted by atomic mass is 9.68. The molecule has 172 valence electrons. The van der Waals surface area contributed by atoms with Crippen molar-refractivity contribution in [1.82, 2.24) is 5.32 Å². The predicted molar refractivity (Wildman–Crippen MR) is 131 cm³/mol. The van der Waals surface area contributed by atoms with Crippen molar-refractivity contribution in [2.24, 2.45) is 5.41 Å². The molecule has 1 aliphatic carbocycles. The smallest absolute Gasteiger partial charge is 0.254 e. The van der Waals surface area contributed by atoms with Crippen LogP contribution in [0.4, 0.5) is 5.69 Å². The molecular weight excluding hydrogens is 412 g/mol. The van der Waals surface area contributed by atoms with Gasteiger partial charge in [-0.2, -0.15) is 0 Å². The van der Waals surface area contributed by atoms with E-state index in [2.05, 4.69) is 55.7 Å². The number of carbonyl (C=O) groups excluding carboxylic acids is 2. The van der Waals surface area contributed by atoms with Crippen molar-refractivity contribution in [3.8, 4) is 5.75 Å². The molecule has 0 bridgehead atoms. The molecule has 0 saturated carbocycles. The Morgan fingerprint density at radius 3 is 2.48 bits per heavy atom. The SMILES string of the molecule is CCc1ccc([C@H]2C(C(=O)Nc3ccccc3OC)=C(C)NC3=C2C(=O)CC(C)(C)C3)cc1. The van der Waals surface area contributed by atoms with Crippen LogP contribution in [-0.2, 0) is 16.0 Å². The average Bonchev–Trinajstić information content (AvgIpc) is 2.77. The van der Waals surface area contributed by atoms with Crippen molar-refractivity contribution in [2.45, 2.75) is 52.9 Å². The molecule has 1 heterocycles. The maximum Gasteiger partial charge on any atom is 0.254 e. The van der Waals surface area contributed by atoms with E-state index in [4.69, 9.17) is 4.74 Å². The molecule has 0 spiro atoms. The second-order valence-corrected chi connectivity index (χ2v) is 9.68.